The highest BCUT2D eigenvalue weighted by molar-refractivity contribution is 5.88. The smallest absolute Gasteiger partial charge is 0.221 e. The second-order valence-electron chi connectivity index (χ2n) is 5.38. The van der Waals surface area contributed by atoms with Crippen LogP contribution in [0.1, 0.15) is 26.2 Å². The molecule has 0 bridgehead atoms. The highest BCUT2D eigenvalue weighted by Gasteiger charge is 2.43. The highest BCUT2D eigenvalue weighted by Crippen LogP contribution is 2.48. The van der Waals surface area contributed by atoms with Gasteiger partial charge in [-0.3, -0.25) is 4.79 Å². The Balaban J connectivity index is 1.86. The fourth-order valence-electron chi connectivity index (χ4n) is 2.18. The van der Waals surface area contributed by atoms with E-state index in [-0.39, 0.29) is 17.2 Å². The summed E-state index contributed by atoms with van der Waals surface area (Å²) in [6.45, 7) is 2.28. The van der Waals surface area contributed by atoms with Gasteiger partial charge in [-0.1, -0.05) is 5.16 Å². The molecular formula is C14H20N4O2. The minimum Gasteiger partial charge on any atom is -0.409 e. The number of anilines is 2. The third-order valence-corrected chi connectivity index (χ3v) is 3.51. The lowest BCUT2D eigenvalue weighted by atomic mass is 10.0. The summed E-state index contributed by atoms with van der Waals surface area (Å²) in [5, 5.41) is 17.7. The fourth-order valence-corrected chi connectivity index (χ4v) is 2.18. The van der Waals surface area contributed by atoms with Gasteiger partial charge in [0.1, 0.15) is 5.84 Å². The number of nitrogens with two attached hydrogens (primary N) is 1. The van der Waals surface area contributed by atoms with Crippen LogP contribution in [-0.4, -0.2) is 23.5 Å². The maximum atomic E-state index is 10.9. The third-order valence-electron chi connectivity index (χ3n) is 3.51. The summed E-state index contributed by atoms with van der Waals surface area (Å²) in [6.07, 6.45) is 2.78. The van der Waals surface area contributed by atoms with Crippen molar-refractivity contribution in [3.05, 3.63) is 24.3 Å². The van der Waals surface area contributed by atoms with Crippen molar-refractivity contribution in [2.45, 2.75) is 26.2 Å². The molecule has 5 N–H and O–H groups in total. The topological polar surface area (TPSA) is 99.7 Å². The maximum absolute atomic E-state index is 10.9. The van der Waals surface area contributed by atoms with E-state index in [0.29, 0.717) is 6.42 Å². The molecule has 6 nitrogen and oxygen atoms in total. The van der Waals surface area contributed by atoms with Crippen LogP contribution in [0.4, 0.5) is 11.4 Å². The first-order chi connectivity index (χ1) is 9.53. The lowest BCUT2D eigenvalue weighted by Gasteiger charge is -2.16. The van der Waals surface area contributed by atoms with E-state index in [1.807, 2.05) is 24.3 Å². The fraction of sp³-hybridized carbons (Fsp3) is 0.429. The second-order valence-corrected chi connectivity index (χ2v) is 5.38. The van der Waals surface area contributed by atoms with Crippen LogP contribution in [0.3, 0.4) is 0 Å². The van der Waals surface area contributed by atoms with Gasteiger partial charge in [-0.2, -0.15) is 0 Å². The molecule has 1 saturated carbocycles. The lowest BCUT2D eigenvalue weighted by Crippen LogP contribution is -2.23. The summed E-state index contributed by atoms with van der Waals surface area (Å²) in [6, 6.07) is 7.55. The summed E-state index contributed by atoms with van der Waals surface area (Å²) < 4.78 is 0. The van der Waals surface area contributed by atoms with Crippen molar-refractivity contribution >= 4 is 23.1 Å². The molecule has 1 aliphatic carbocycles. The third kappa shape index (κ3) is 3.88. The Morgan fingerprint density at radius 2 is 1.95 bits per heavy atom. The number of nitrogens with zero attached hydrogens (tertiary/aromatic N) is 1. The van der Waals surface area contributed by atoms with Crippen LogP contribution in [0.15, 0.2) is 29.4 Å². The van der Waals surface area contributed by atoms with Crippen molar-refractivity contribution in [2.75, 3.05) is 17.2 Å². The number of benzene rings is 1. The van der Waals surface area contributed by atoms with E-state index in [0.717, 1.165) is 30.8 Å². The normalized spacial score (nSPS) is 16.6. The van der Waals surface area contributed by atoms with E-state index in [4.69, 9.17) is 10.9 Å². The van der Waals surface area contributed by atoms with Gasteiger partial charge in [0.15, 0.2) is 0 Å². The first kappa shape index (κ1) is 14.2. The Bertz CT molecular complexity index is 506. The van der Waals surface area contributed by atoms with Gasteiger partial charge >= 0.3 is 0 Å². The molecule has 1 amide bonds. The number of rotatable bonds is 6. The second kappa shape index (κ2) is 5.81. The SMILES string of the molecule is CC(=O)Nc1ccc(NCC2(CC(N)=NO)CC2)cc1. The minimum absolute atomic E-state index is 0.0820. The van der Waals surface area contributed by atoms with E-state index in [2.05, 4.69) is 15.8 Å². The summed E-state index contributed by atoms with van der Waals surface area (Å²) in [5.41, 5.74) is 7.45. The maximum Gasteiger partial charge on any atom is 0.221 e. The van der Waals surface area contributed by atoms with Crippen LogP contribution >= 0.6 is 0 Å². The quantitative estimate of drug-likeness (QED) is 0.276. The van der Waals surface area contributed by atoms with Gasteiger partial charge < -0.3 is 21.6 Å². The van der Waals surface area contributed by atoms with Gasteiger partial charge in [0.25, 0.3) is 0 Å². The lowest BCUT2D eigenvalue weighted by molar-refractivity contribution is -0.114. The number of hydrogen-bond donors (Lipinski definition) is 4. The number of carbonyl (C=O) groups is 1. The molecule has 6 heteroatoms. The van der Waals surface area contributed by atoms with Gasteiger partial charge in [0, 0.05) is 31.3 Å². The Labute approximate surface area is 118 Å². The van der Waals surface area contributed by atoms with Gasteiger partial charge in [0.05, 0.1) is 0 Å². The zero-order valence-electron chi connectivity index (χ0n) is 11.5. The summed E-state index contributed by atoms with van der Waals surface area (Å²) >= 11 is 0. The van der Waals surface area contributed by atoms with Crippen LogP contribution < -0.4 is 16.4 Å². The van der Waals surface area contributed by atoms with Crippen molar-refractivity contribution in [1.29, 1.82) is 0 Å². The van der Waals surface area contributed by atoms with Crippen molar-refractivity contribution in [1.82, 2.24) is 0 Å². The van der Waals surface area contributed by atoms with E-state index in [9.17, 15) is 4.79 Å². The molecule has 0 radical (unpaired) electrons. The molecule has 108 valence electrons. The number of amides is 1. The first-order valence-electron chi connectivity index (χ1n) is 6.61. The van der Waals surface area contributed by atoms with E-state index in [1.54, 1.807) is 0 Å². The number of carbonyl (C=O) groups excluding carboxylic acids is 1. The van der Waals surface area contributed by atoms with Crippen LogP contribution in [0.5, 0.6) is 0 Å². The predicted molar refractivity (Wildman–Crippen MR) is 78.9 cm³/mol. The molecule has 0 aromatic heterocycles. The Morgan fingerprint density at radius 3 is 2.45 bits per heavy atom. The van der Waals surface area contributed by atoms with Crippen molar-refractivity contribution < 1.29 is 10.0 Å². The largest absolute Gasteiger partial charge is 0.409 e. The Kier molecular flexibility index (Phi) is 4.12. The Hall–Kier alpha value is -2.24. The first-order valence-corrected chi connectivity index (χ1v) is 6.61. The average molecular weight is 276 g/mol. The molecule has 1 fully saturated rings. The highest BCUT2D eigenvalue weighted by atomic mass is 16.4. The van der Waals surface area contributed by atoms with Crippen LogP contribution in [-0.2, 0) is 4.79 Å². The molecule has 1 aliphatic rings. The molecule has 0 spiro atoms. The minimum atomic E-state index is -0.0820. The molecular weight excluding hydrogens is 256 g/mol. The Morgan fingerprint density at radius 1 is 1.35 bits per heavy atom. The van der Waals surface area contributed by atoms with Gasteiger partial charge in [0.2, 0.25) is 5.91 Å². The molecule has 0 aliphatic heterocycles. The summed E-state index contributed by atoms with van der Waals surface area (Å²) in [4.78, 5) is 10.9. The van der Waals surface area contributed by atoms with Gasteiger partial charge in [-0.05, 0) is 42.5 Å². The zero-order valence-corrected chi connectivity index (χ0v) is 11.5. The van der Waals surface area contributed by atoms with Crippen molar-refractivity contribution in [2.24, 2.45) is 16.3 Å². The number of hydrogen-bond acceptors (Lipinski definition) is 4. The van der Waals surface area contributed by atoms with Crippen LogP contribution in [0.25, 0.3) is 0 Å². The molecule has 20 heavy (non-hydrogen) atoms. The zero-order chi connectivity index (χ0) is 14.6. The average Bonchev–Trinajstić information content (AvgIpc) is 3.17. The molecule has 1 aromatic carbocycles. The standard InChI is InChI=1S/C14H20N4O2/c1-10(19)17-12-4-2-11(3-5-12)16-9-14(6-7-14)8-13(15)18-20/h2-5,16,20H,6-9H2,1H3,(H2,15,18)(H,17,19). The molecule has 2 rings (SSSR count). The van der Waals surface area contributed by atoms with Crippen LogP contribution in [0.2, 0.25) is 0 Å². The molecule has 0 saturated heterocycles. The predicted octanol–water partition coefficient (Wildman–Crippen LogP) is 1.97. The van der Waals surface area contributed by atoms with Gasteiger partial charge in [-0.25, -0.2) is 0 Å². The van der Waals surface area contributed by atoms with E-state index < -0.39 is 0 Å². The number of oxime groups is 1. The summed E-state index contributed by atoms with van der Waals surface area (Å²) in [7, 11) is 0. The number of nitrogens with one attached hydrogen (secondary N) is 2. The van der Waals surface area contributed by atoms with Crippen molar-refractivity contribution in [3.8, 4) is 0 Å². The van der Waals surface area contributed by atoms with Crippen LogP contribution in [0, 0.1) is 5.41 Å². The molecule has 1 aromatic rings. The van der Waals surface area contributed by atoms with Gasteiger partial charge in [-0.15, -0.1) is 0 Å². The molecule has 0 unspecified atom stereocenters. The number of amidine groups is 1. The molecule has 0 heterocycles. The monoisotopic (exact) mass is 276 g/mol. The van der Waals surface area contributed by atoms with E-state index in [1.165, 1.54) is 6.92 Å². The van der Waals surface area contributed by atoms with E-state index >= 15 is 0 Å². The molecule has 0 atom stereocenters. The van der Waals surface area contributed by atoms with Crippen molar-refractivity contribution in [3.63, 3.8) is 0 Å². The summed E-state index contributed by atoms with van der Waals surface area (Å²) in [5.74, 6) is 0.201.